The lowest BCUT2D eigenvalue weighted by atomic mass is 10.2. The molecule has 0 fully saturated rings. The highest BCUT2D eigenvalue weighted by Gasteiger charge is 2.17. The van der Waals surface area contributed by atoms with Crippen molar-refractivity contribution in [2.24, 2.45) is 5.92 Å². The van der Waals surface area contributed by atoms with Crippen molar-refractivity contribution in [1.82, 2.24) is 0 Å². The molecule has 0 saturated heterocycles. The lowest BCUT2D eigenvalue weighted by Gasteiger charge is -2.20. The lowest BCUT2D eigenvalue weighted by Crippen LogP contribution is -2.27. The van der Waals surface area contributed by atoms with E-state index in [4.69, 9.17) is 4.74 Å². The van der Waals surface area contributed by atoms with Crippen molar-refractivity contribution in [3.8, 4) is 5.75 Å². The fraction of sp³-hybridized carbons (Fsp3) is 0.400. The molecule has 0 aliphatic carbocycles. The number of fused-ring (bicyclic) bond motifs is 1. The average molecular weight is 310 g/mol. The van der Waals surface area contributed by atoms with Crippen molar-refractivity contribution in [2.45, 2.75) is 20.3 Å². The number of nitrogens with one attached hydrogen (secondary N) is 1. The van der Waals surface area contributed by atoms with Crippen LogP contribution in [0.5, 0.6) is 5.75 Å². The Morgan fingerprint density at radius 3 is 2.65 bits per heavy atom. The molecular formula is C20H26N2O. The first kappa shape index (κ1) is 15.7. The van der Waals surface area contributed by atoms with Gasteiger partial charge >= 0.3 is 0 Å². The van der Waals surface area contributed by atoms with Gasteiger partial charge in [0, 0.05) is 31.0 Å². The molecule has 3 rings (SSSR count). The van der Waals surface area contributed by atoms with Gasteiger partial charge < -0.3 is 15.0 Å². The molecule has 0 unspecified atom stereocenters. The number of hydrogen-bond acceptors (Lipinski definition) is 3. The van der Waals surface area contributed by atoms with Crippen LogP contribution in [0.2, 0.25) is 0 Å². The van der Waals surface area contributed by atoms with E-state index in [1.165, 1.54) is 11.3 Å². The SMILES string of the molecule is CC(C)COc1ccc(NCCN2CCc3ccccc32)cc1. The molecule has 0 spiro atoms. The first-order chi connectivity index (χ1) is 11.2. The highest BCUT2D eigenvalue weighted by atomic mass is 16.5. The van der Waals surface area contributed by atoms with E-state index in [0.717, 1.165) is 44.1 Å². The van der Waals surface area contributed by atoms with Gasteiger partial charge in [-0.2, -0.15) is 0 Å². The number of ether oxygens (including phenoxy) is 1. The Hall–Kier alpha value is -2.16. The Morgan fingerprint density at radius 1 is 1.09 bits per heavy atom. The fourth-order valence-electron chi connectivity index (χ4n) is 2.91. The zero-order valence-corrected chi connectivity index (χ0v) is 14.1. The molecule has 1 heterocycles. The molecule has 0 bridgehead atoms. The topological polar surface area (TPSA) is 24.5 Å². The lowest BCUT2D eigenvalue weighted by molar-refractivity contribution is 0.271. The maximum atomic E-state index is 5.71. The molecule has 0 aromatic heterocycles. The molecule has 3 heteroatoms. The summed E-state index contributed by atoms with van der Waals surface area (Å²) >= 11 is 0. The van der Waals surface area contributed by atoms with E-state index in [9.17, 15) is 0 Å². The molecule has 2 aromatic rings. The fourth-order valence-corrected chi connectivity index (χ4v) is 2.91. The Morgan fingerprint density at radius 2 is 1.87 bits per heavy atom. The second-order valence-electron chi connectivity index (χ2n) is 6.52. The summed E-state index contributed by atoms with van der Waals surface area (Å²) in [6, 6.07) is 17.0. The number of nitrogens with zero attached hydrogens (tertiary/aromatic N) is 1. The van der Waals surface area contributed by atoms with Gasteiger partial charge in [-0.15, -0.1) is 0 Å². The number of anilines is 2. The van der Waals surface area contributed by atoms with Crippen LogP contribution in [0.3, 0.4) is 0 Å². The summed E-state index contributed by atoms with van der Waals surface area (Å²) in [7, 11) is 0. The largest absolute Gasteiger partial charge is 0.493 e. The van der Waals surface area contributed by atoms with E-state index in [1.807, 2.05) is 12.1 Å². The Labute approximate surface area is 139 Å². The molecule has 0 amide bonds. The third kappa shape index (κ3) is 4.19. The standard InChI is InChI=1S/C20H26N2O/c1-16(2)15-23-19-9-7-18(8-10-19)21-12-14-22-13-11-17-5-3-4-6-20(17)22/h3-10,16,21H,11-15H2,1-2H3. The number of benzene rings is 2. The molecule has 122 valence electrons. The average Bonchev–Trinajstić information content (AvgIpc) is 2.97. The zero-order chi connectivity index (χ0) is 16.1. The summed E-state index contributed by atoms with van der Waals surface area (Å²) in [5, 5.41) is 3.50. The van der Waals surface area contributed by atoms with Crippen LogP contribution in [0.4, 0.5) is 11.4 Å². The number of hydrogen-bond donors (Lipinski definition) is 1. The highest BCUT2D eigenvalue weighted by molar-refractivity contribution is 5.58. The minimum Gasteiger partial charge on any atom is -0.493 e. The van der Waals surface area contributed by atoms with Gasteiger partial charge in [-0.25, -0.2) is 0 Å². The van der Waals surface area contributed by atoms with Crippen LogP contribution in [-0.4, -0.2) is 26.2 Å². The van der Waals surface area contributed by atoms with Gasteiger partial charge in [0.1, 0.15) is 5.75 Å². The van der Waals surface area contributed by atoms with E-state index < -0.39 is 0 Å². The van der Waals surface area contributed by atoms with Gasteiger partial charge in [0.15, 0.2) is 0 Å². The summed E-state index contributed by atoms with van der Waals surface area (Å²) in [4.78, 5) is 2.46. The van der Waals surface area contributed by atoms with E-state index in [-0.39, 0.29) is 0 Å². The molecule has 0 radical (unpaired) electrons. The molecule has 0 saturated carbocycles. The van der Waals surface area contributed by atoms with Crippen LogP contribution in [0.1, 0.15) is 19.4 Å². The zero-order valence-electron chi connectivity index (χ0n) is 14.1. The first-order valence-corrected chi connectivity index (χ1v) is 8.52. The van der Waals surface area contributed by atoms with Crippen LogP contribution in [0, 0.1) is 5.92 Å². The molecule has 2 aromatic carbocycles. The van der Waals surface area contributed by atoms with E-state index in [0.29, 0.717) is 5.92 Å². The third-order valence-corrected chi connectivity index (χ3v) is 4.13. The van der Waals surface area contributed by atoms with Crippen molar-refractivity contribution in [1.29, 1.82) is 0 Å². The summed E-state index contributed by atoms with van der Waals surface area (Å²) < 4.78 is 5.71. The van der Waals surface area contributed by atoms with Crippen LogP contribution in [0.25, 0.3) is 0 Å². The molecule has 23 heavy (non-hydrogen) atoms. The molecule has 1 N–H and O–H groups in total. The molecule has 1 aliphatic heterocycles. The third-order valence-electron chi connectivity index (χ3n) is 4.13. The van der Waals surface area contributed by atoms with Crippen LogP contribution in [0.15, 0.2) is 48.5 Å². The summed E-state index contributed by atoms with van der Waals surface area (Å²) in [6.45, 7) is 8.19. The smallest absolute Gasteiger partial charge is 0.119 e. The molecule has 1 aliphatic rings. The minimum absolute atomic E-state index is 0.552. The second kappa shape index (κ2) is 7.40. The van der Waals surface area contributed by atoms with Crippen molar-refractivity contribution in [2.75, 3.05) is 36.5 Å². The van der Waals surface area contributed by atoms with Gasteiger partial charge in [-0.05, 0) is 48.2 Å². The quantitative estimate of drug-likeness (QED) is 0.829. The highest BCUT2D eigenvalue weighted by Crippen LogP contribution is 2.26. The summed E-state index contributed by atoms with van der Waals surface area (Å²) in [6.07, 6.45) is 1.16. The van der Waals surface area contributed by atoms with Crippen LogP contribution in [-0.2, 0) is 6.42 Å². The van der Waals surface area contributed by atoms with Gasteiger partial charge in [-0.3, -0.25) is 0 Å². The van der Waals surface area contributed by atoms with Crippen molar-refractivity contribution < 1.29 is 4.74 Å². The number of para-hydroxylation sites is 1. The minimum atomic E-state index is 0.552. The number of rotatable bonds is 7. The molecular weight excluding hydrogens is 284 g/mol. The Bertz CT molecular complexity index is 622. The summed E-state index contributed by atoms with van der Waals surface area (Å²) in [5.41, 5.74) is 4.01. The van der Waals surface area contributed by atoms with Crippen LogP contribution >= 0.6 is 0 Å². The van der Waals surface area contributed by atoms with E-state index in [1.54, 1.807) is 0 Å². The maximum absolute atomic E-state index is 5.71. The first-order valence-electron chi connectivity index (χ1n) is 8.52. The Kier molecular flexibility index (Phi) is 5.06. The predicted octanol–water partition coefficient (Wildman–Crippen LogP) is 4.20. The van der Waals surface area contributed by atoms with Gasteiger partial charge in [-0.1, -0.05) is 32.0 Å². The normalized spacial score (nSPS) is 13.3. The molecule has 3 nitrogen and oxygen atoms in total. The second-order valence-corrected chi connectivity index (χ2v) is 6.52. The van der Waals surface area contributed by atoms with Gasteiger partial charge in [0.05, 0.1) is 6.61 Å². The van der Waals surface area contributed by atoms with Crippen molar-refractivity contribution >= 4 is 11.4 Å². The Balaban J connectivity index is 1.46. The monoisotopic (exact) mass is 310 g/mol. The van der Waals surface area contributed by atoms with Gasteiger partial charge in [0.2, 0.25) is 0 Å². The van der Waals surface area contributed by atoms with Crippen LogP contribution < -0.4 is 15.0 Å². The van der Waals surface area contributed by atoms with Crippen molar-refractivity contribution in [3.63, 3.8) is 0 Å². The van der Waals surface area contributed by atoms with E-state index >= 15 is 0 Å². The van der Waals surface area contributed by atoms with Crippen molar-refractivity contribution in [3.05, 3.63) is 54.1 Å². The predicted molar refractivity (Wildman–Crippen MR) is 97.6 cm³/mol. The summed E-state index contributed by atoms with van der Waals surface area (Å²) in [5.74, 6) is 1.49. The maximum Gasteiger partial charge on any atom is 0.119 e. The van der Waals surface area contributed by atoms with E-state index in [2.05, 4.69) is 60.5 Å². The van der Waals surface area contributed by atoms with Gasteiger partial charge in [0.25, 0.3) is 0 Å². The molecule has 0 atom stereocenters.